The van der Waals surface area contributed by atoms with Crippen LogP contribution in [0.1, 0.15) is 16.6 Å². The Morgan fingerprint density at radius 2 is 2.10 bits per heavy atom. The molecule has 0 spiro atoms. The minimum Gasteiger partial charge on any atom is -0.355 e. The highest BCUT2D eigenvalue weighted by atomic mass is 35.5. The van der Waals surface area contributed by atoms with Crippen LogP contribution in [0.2, 0.25) is 5.15 Å². The van der Waals surface area contributed by atoms with Crippen LogP contribution in [-0.2, 0) is 4.79 Å². The van der Waals surface area contributed by atoms with Crippen molar-refractivity contribution in [1.82, 2.24) is 20.6 Å². The molecule has 0 aliphatic carbocycles. The average molecular weight is 325 g/mol. The number of halogens is 1. The zero-order valence-electron chi connectivity index (χ0n) is 11.2. The van der Waals surface area contributed by atoms with Gasteiger partial charge in [0.1, 0.15) is 9.88 Å². The number of rotatable bonds is 5. The van der Waals surface area contributed by atoms with Crippen LogP contribution >= 0.6 is 22.9 Å². The summed E-state index contributed by atoms with van der Waals surface area (Å²) in [4.78, 5) is 31.2. The van der Waals surface area contributed by atoms with E-state index in [9.17, 15) is 9.59 Å². The predicted molar refractivity (Wildman–Crippen MR) is 81.4 cm³/mol. The monoisotopic (exact) mass is 324 g/mol. The highest BCUT2D eigenvalue weighted by Gasteiger charge is 2.17. The molecule has 2 amide bonds. The third-order valence-corrected chi connectivity index (χ3v) is 3.97. The van der Waals surface area contributed by atoms with E-state index in [1.807, 2.05) is 6.07 Å². The minimum absolute atomic E-state index is 0.140. The molecule has 21 heavy (non-hydrogen) atoms. The molecule has 2 heterocycles. The number of carbonyl (C=O) groups is 2. The molecule has 0 radical (unpaired) electrons. The fraction of sp³-hybridized carbons (Fsp3) is 0.231. The lowest BCUT2D eigenvalue weighted by molar-refractivity contribution is -0.118. The number of pyridine rings is 1. The summed E-state index contributed by atoms with van der Waals surface area (Å²) in [5.41, 5.74) is 0.807. The maximum Gasteiger partial charge on any atom is 0.264 e. The number of amides is 2. The lowest BCUT2D eigenvalue weighted by Crippen LogP contribution is -2.33. The van der Waals surface area contributed by atoms with Crippen molar-refractivity contribution in [2.24, 2.45) is 0 Å². The van der Waals surface area contributed by atoms with Crippen LogP contribution in [0.25, 0.3) is 10.6 Å². The first-order valence-corrected chi connectivity index (χ1v) is 7.36. The number of aromatic nitrogens is 2. The molecular formula is C13H13ClN4O2S. The predicted octanol–water partition coefficient (Wildman–Crippen LogP) is 1.72. The molecule has 0 aromatic carbocycles. The molecule has 0 bridgehead atoms. The largest absolute Gasteiger partial charge is 0.355 e. The highest BCUT2D eigenvalue weighted by Crippen LogP contribution is 2.30. The van der Waals surface area contributed by atoms with Crippen LogP contribution in [0, 0.1) is 0 Å². The van der Waals surface area contributed by atoms with E-state index in [1.54, 1.807) is 18.5 Å². The standard InChI is InChI=1S/C13H13ClN4O2S/c1-8(19)16-5-6-17-12(20)10-11(14)18-13(21-10)9-3-2-4-15-7-9/h2-4,7H,5-6H2,1H3,(H,16,19)(H,17,20). The molecule has 6 nitrogen and oxygen atoms in total. The number of nitrogens with zero attached hydrogens (tertiary/aromatic N) is 2. The van der Waals surface area contributed by atoms with E-state index in [1.165, 1.54) is 18.3 Å². The summed E-state index contributed by atoms with van der Waals surface area (Å²) >= 11 is 7.20. The van der Waals surface area contributed by atoms with Gasteiger partial charge < -0.3 is 10.6 Å². The summed E-state index contributed by atoms with van der Waals surface area (Å²) in [5, 5.41) is 6.07. The van der Waals surface area contributed by atoms with Crippen LogP contribution < -0.4 is 10.6 Å². The Bertz CT molecular complexity index is 645. The van der Waals surface area contributed by atoms with Crippen LogP contribution in [0.3, 0.4) is 0 Å². The van der Waals surface area contributed by atoms with Crippen LogP contribution in [0.4, 0.5) is 0 Å². The Kier molecular flexibility index (Phi) is 5.24. The SMILES string of the molecule is CC(=O)NCCNC(=O)c1sc(-c2cccnc2)nc1Cl. The van der Waals surface area contributed by atoms with E-state index in [-0.39, 0.29) is 17.0 Å². The molecule has 0 atom stereocenters. The molecule has 0 fully saturated rings. The molecule has 0 aliphatic rings. The van der Waals surface area contributed by atoms with Gasteiger partial charge in [0, 0.05) is 38.0 Å². The maximum absolute atomic E-state index is 12.0. The number of nitrogens with one attached hydrogen (secondary N) is 2. The molecule has 0 aliphatic heterocycles. The molecule has 8 heteroatoms. The van der Waals surface area contributed by atoms with E-state index < -0.39 is 0 Å². The molecular weight excluding hydrogens is 312 g/mol. The lowest BCUT2D eigenvalue weighted by atomic mass is 10.3. The van der Waals surface area contributed by atoms with E-state index in [0.717, 1.165) is 5.56 Å². The topological polar surface area (TPSA) is 84.0 Å². The summed E-state index contributed by atoms with van der Waals surface area (Å²) in [6, 6.07) is 3.64. The van der Waals surface area contributed by atoms with Gasteiger partial charge in [0.25, 0.3) is 5.91 Å². The summed E-state index contributed by atoms with van der Waals surface area (Å²) in [5.74, 6) is -0.447. The van der Waals surface area contributed by atoms with Gasteiger partial charge in [-0.15, -0.1) is 11.3 Å². The molecule has 0 saturated heterocycles. The van der Waals surface area contributed by atoms with Crippen molar-refractivity contribution < 1.29 is 9.59 Å². The Morgan fingerprint density at radius 3 is 2.76 bits per heavy atom. The van der Waals surface area contributed by atoms with E-state index in [4.69, 9.17) is 11.6 Å². The van der Waals surface area contributed by atoms with Gasteiger partial charge in [-0.25, -0.2) is 4.98 Å². The van der Waals surface area contributed by atoms with Crippen molar-refractivity contribution in [3.63, 3.8) is 0 Å². The van der Waals surface area contributed by atoms with Gasteiger partial charge in [0.2, 0.25) is 5.91 Å². The van der Waals surface area contributed by atoms with Crippen LogP contribution in [0.5, 0.6) is 0 Å². The Balaban J connectivity index is 2.02. The fourth-order valence-electron chi connectivity index (χ4n) is 1.55. The summed E-state index contributed by atoms with van der Waals surface area (Å²) in [6.07, 6.45) is 3.32. The van der Waals surface area contributed by atoms with E-state index in [2.05, 4.69) is 20.6 Å². The van der Waals surface area contributed by atoms with Crippen molar-refractivity contribution >= 4 is 34.8 Å². The Hall–Kier alpha value is -1.99. The molecule has 2 aromatic rings. The summed E-state index contributed by atoms with van der Waals surface area (Å²) < 4.78 is 0. The molecule has 0 saturated carbocycles. The van der Waals surface area contributed by atoms with E-state index >= 15 is 0 Å². The number of carbonyl (C=O) groups excluding carboxylic acids is 2. The van der Waals surface area contributed by atoms with Crippen molar-refractivity contribution in [2.45, 2.75) is 6.92 Å². The zero-order chi connectivity index (χ0) is 15.2. The van der Waals surface area contributed by atoms with Crippen molar-refractivity contribution in [3.05, 3.63) is 34.6 Å². The number of thiazole rings is 1. The first-order chi connectivity index (χ1) is 10.1. The van der Waals surface area contributed by atoms with Gasteiger partial charge in [0.05, 0.1) is 0 Å². The van der Waals surface area contributed by atoms with Crippen LogP contribution in [0.15, 0.2) is 24.5 Å². The summed E-state index contributed by atoms with van der Waals surface area (Å²) in [7, 11) is 0. The average Bonchev–Trinajstić information content (AvgIpc) is 2.86. The van der Waals surface area contributed by atoms with Crippen molar-refractivity contribution in [3.8, 4) is 10.6 Å². The smallest absolute Gasteiger partial charge is 0.264 e. The number of hydrogen-bond acceptors (Lipinski definition) is 5. The summed E-state index contributed by atoms with van der Waals surface area (Å²) in [6.45, 7) is 2.11. The zero-order valence-corrected chi connectivity index (χ0v) is 12.8. The third-order valence-electron chi connectivity index (χ3n) is 2.49. The first-order valence-electron chi connectivity index (χ1n) is 6.17. The molecule has 0 unspecified atom stereocenters. The second kappa shape index (κ2) is 7.14. The quantitative estimate of drug-likeness (QED) is 0.820. The van der Waals surface area contributed by atoms with E-state index in [0.29, 0.717) is 23.0 Å². The lowest BCUT2D eigenvalue weighted by Gasteiger charge is -2.03. The maximum atomic E-state index is 12.0. The molecule has 2 N–H and O–H groups in total. The van der Waals surface area contributed by atoms with Crippen molar-refractivity contribution in [2.75, 3.05) is 13.1 Å². The second-order valence-corrected chi connectivity index (χ2v) is 5.48. The molecule has 110 valence electrons. The normalized spacial score (nSPS) is 10.2. The molecule has 2 rings (SSSR count). The van der Waals surface area contributed by atoms with Crippen LogP contribution in [-0.4, -0.2) is 34.9 Å². The van der Waals surface area contributed by atoms with Gasteiger partial charge in [-0.2, -0.15) is 0 Å². The fourth-order valence-corrected chi connectivity index (χ4v) is 2.75. The first kappa shape index (κ1) is 15.4. The van der Waals surface area contributed by atoms with Gasteiger partial charge >= 0.3 is 0 Å². The van der Waals surface area contributed by atoms with Gasteiger partial charge in [-0.1, -0.05) is 11.6 Å². The Morgan fingerprint density at radius 1 is 1.33 bits per heavy atom. The van der Waals surface area contributed by atoms with Crippen molar-refractivity contribution in [1.29, 1.82) is 0 Å². The molecule has 2 aromatic heterocycles. The van der Waals surface area contributed by atoms with Gasteiger partial charge in [-0.3, -0.25) is 14.6 Å². The number of hydrogen-bond donors (Lipinski definition) is 2. The third kappa shape index (κ3) is 4.24. The Labute approximate surface area is 130 Å². The second-order valence-electron chi connectivity index (χ2n) is 4.12. The highest BCUT2D eigenvalue weighted by molar-refractivity contribution is 7.17. The van der Waals surface area contributed by atoms with Gasteiger partial charge in [-0.05, 0) is 12.1 Å². The van der Waals surface area contributed by atoms with Gasteiger partial charge in [0.15, 0.2) is 5.15 Å². The minimum atomic E-state index is -0.307.